The summed E-state index contributed by atoms with van der Waals surface area (Å²) in [4.78, 5) is 37.2. The molecule has 4 N–H and O–H groups in total. The third-order valence-electron chi connectivity index (χ3n) is 5.21. The highest BCUT2D eigenvalue weighted by atomic mass is 16.5. The van der Waals surface area contributed by atoms with Crippen LogP contribution in [0.1, 0.15) is 36.1 Å². The number of anilines is 1. The van der Waals surface area contributed by atoms with E-state index in [0.717, 1.165) is 11.1 Å². The van der Waals surface area contributed by atoms with Crippen molar-refractivity contribution in [1.82, 2.24) is 9.88 Å². The minimum atomic E-state index is -0.766. The Balaban J connectivity index is 1.84. The number of ether oxygens (including phenoxy) is 1. The largest absolute Gasteiger partial charge is 0.508 e. The summed E-state index contributed by atoms with van der Waals surface area (Å²) in [6.07, 6.45) is 1.69. The van der Waals surface area contributed by atoms with Crippen LogP contribution in [0.5, 0.6) is 11.5 Å². The minimum absolute atomic E-state index is 0.139. The Kier molecular flexibility index (Phi) is 7.92. The Morgan fingerprint density at radius 2 is 1.82 bits per heavy atom. The summed E-state index contributed by atoms with van der Waals surface area (Å²) in [6.45, 7) is 1.88. The molecule has 0 saturated heterocycles. The molecule has 2 amide bonds. The van der Waals surface area contributed by atoms with Crippen molar-refractivity contribution < 1.29 is 24.5 Å². The maximum Gasteiger partial charge on any atom is 0.319 e. The van der Waals surface area contributed by atoms with Crippen LogP contribution >= 0.6 is 0 Å². The first-order valence-electron chi connectivity index (χ1n) is 10.8. The van der Waals surface area contributed by atoms with Gasteiger partial charge in [0.1, 0.15) is 11.5 Å². The first-order chi connectivity index (χ1) is 16.3. The zero-order valence-corrected chi connectivity index (χ0v) is 18.9. The highest BCUT2D eigenvalue weighted by Crippen LogP contribution is 2.24. The molecule has 1 unspecified atom stereocenters. The van der Waals surface area contributed by atoms with Crippen molar-refractivity contribution in [1.29, 1.82) is 0 Å². The van der Waals surface area contributed by atoms with Crippen LogP contribution in [0.25, 0.3) is 0 Å². The average Bonchev–Trinajstić information content (AvgIpc) is 2.81. The van der Waals surface area contributed by atoms with Gasteiger partial charge in [0.2, 0.25) is 0 Å². The smallest absolute Gasteiger partial charge is 0.319 e. The van der Waals surface area contributed by atoms with E-state index in [4.69, 9.17) is 4.74 Å². The van der Waals surface area contributed by atoms with E-state index in [-0.39, 0.29) is 30.2 Å². The van der Waals surface area contributed by atoms with Gasteiger partial charge in [-0.05, 0) is 35.7 Å². The third-order valence-corrected chi connectivity index (χ3v) is 5.21. The van der Waals surface area contributed by atoms with Crippen molar-refractivity contribution in [3.63, 3.8) is 0 Å². The highest BCUT2D eigenvalue weighted by molar-refractivity contribution is 5.91. The molecule has 1 atom stereocenters. The molecular weight excluding hydrogens is 438 g/mol. The normalized spacial score (nSPS) is 11.5. The molecule has 0 saturated carbocycles. The predicted molar refractivity (Wildman–Crippen MR) is 127 cm³/mol. The summed E-state index contributed by atoms with van der Waals surface area (Å²) in [7, 11) is 1.49. The second kappa shape index (κ2) is 11.0. The van der Waals surface area contributed by atoms with Gasteiger partial charge in [0, 0.05) is 19.7 Å². The number of pyridine rings is 1. The fourth-order valence-electron chi connectivity index (χ4n) is 3.48. The number of nitrogens with zero attached hydrogens (tertiary/aromatic N) is 1. The van der Waals surface area contributed by atoms with Gasteiger partial charge < -0.3 is 30.2 Å². The van der Waals surface area contributed by atoms with Gasteiger partial charge in [0.25, 0.3) is 5.56 Å². The van der Waals surface area contributed by atoms with E-state index < -0.39 is 23.6 Å². The van der Waals surface area contributed by atoms with Gasteiger partial charge >= 0.3 is 12.0 Å². The first kappa shape index (κ1) is 24.4. The molecule has 9 heteroatoms. The van der Waals surface area contributed by atoms with Gasteiger partial charge in [0.15, 0.2) is 5.69 Å². The van der Waals surface area contributed by atoms with Crippen LogP contribution in [0, 0.1) is 0 Å². The molecule has 0 fully saturated rings. The molecular formula is C25H27N3O6. The number of aromatic nitrogens is 1. The molecule has 0 aliphatic rings. The van der Waals surface area contributed by atoms with Gasteiger partial charge in [-0.25, -0.2) is 4.79 Å². The number of phenols is 1. The number of urea groups is 1. The molecule has 2 aromatic carbocycles. The number of hydrogen-bond donors (Lipinski definition) is 4. The number of para-hydroxylation sites is 1. The lowest BCUT2D eigenvalue weighted by molar-refractivity contribution is -0.143. The number of carbonyl (C=O) groups is 2. The molecule has 34 heavy (non-hydrogen) atoms. The Morgan fingerprint density at radius 3 is 2.56 bits per heavy atom. The Hall–Kier alpha value is -4.27. The summed E-state index contributed by atoms with van der Waals surface area (Å²) in [5.74, 6) is -0.694. The van der Waals surface area contributed by atoms with Gasteiger partial charge in [-0.1, -0.05) is 42.5 Å². The van der Waals surface area contributed by atoms with E-state index >= 15 is 0 Å². The van der Waals surface area contributed by atoms with E-state index in [2.05, 4.69) is 10.6 Å². The van der Waals surface area contributed by atoms with E-state index in [0.29, 0.717) is 12.0 Å². The lowest BCUT2D eigenvalue weighted by atomic mass is 9.97. The van der Waals surface area contributed by atoms with Crippen molar-refractivity contribution in [3.8, 4) is 11.5 Å². The van der Waals surface area contributed by atoms with Crippen molar-refractivity contribution in [2.24, 2.45) is 7.05 Å². The maximum absolute atomic E-state index is 12.7. The maximum atomic E-state index is 12.7. The zero-order chi connectivity index (χ0) is 24.7. The number of aryl methyl sites for hydroxylation is 1. The molecule has 3 aromatic rings. The highest BCUT2D eigenvalue weighted by Gasteiger charge is 2.21. The molecule has 0 aliphatic carbocycles. The Labute approximate surface area is 196 Å². The lowest BCUT2D eigenvalue weighted by Crippen LogP contribution is -2.36. The Morgan fingerprint density at radius 1 is 1.06 bits per heavy atom. The molecule has 1 heterocycles. The lowest BCUT2D eigenvalue weighted by Gasteiger charge is -2.20. The number of esters is 1. The van der Waals surface area contributed by atoms with Crippen molar-refractivity contribution in [2.45, 2.75) is 25.8 Å². The average molecular weight is 466 g/mol. The quantitative estimate of drug-likeness (QED) is 0.378. The number of aromatic hydroxyl groups is 2. The van der Waals surface area contributed by atoms with Crippen LogP contribution in [0.2, 0.25) is 0 Å². The van der Waals surface area contributed by atoms with Gasteiger partial charge in [-0.3, -0.25) is 9.59 Å². The molecule has 0 radical (unpaired) electrons. The molecule has 0 aliphatic heterocycles. The number of carbonyl (C=O) groups excluding carboxylic acids is 2. The van der Waals surface area contributed by atoms with E-state index in [1.54, 1.807) is 31.2 Å². The van der Waals surface area contributed by atoms with Crippen molar-refractivity contribution in [3.05, 3.63) is 87.8 Å². The van der Waals surface area contributed by atoms with Crippen LogP contribution in [0.3, 0.4) is 0 Å². The number of benzene rings is 2. The van der Waals surface area contributed by atoms with Crippen molar-refractivity contribution >= 4 is 17.7 Å². The summed E-state index contributed by atoms with van der Waals surface area (Å²) < 4.78 is 6.27. The van der Waals surface area contributed by atoms with E-state index in [9.17, 15) is 24.6 Å². The number of nitrogens with one attached hydrogen (secondary N) is 2. The standard InChI is InChI=1S/C25H27N3O6/c1-3-34-22(31)15-19(26-25(33)27-23-21(30)11-12-28(2)24(23)32)17-9-6-7-16(13-17)14-18-8-4-5-10-20(18)29/h4-13,19,29-30H,3,14-15H2,1-2H3,(H2,26,27,33). The van der Waals surface area contributed by atoms with E-state index in [1.807, 2.05) is 24.3 Å². The Bertz CT molecular complexity index is 1240. The summed E-state index contributed by atoms with van der Waals surface area (Å²) >= 11 is 0. The van der Waals surface area contributed by atoms with Crippen LogP contribution in [0.15, 0.2) is 65.6 Å². The van der Waals surface area contributed by atoms with Gasteiger partial charge in [-0.2, -0.15) is 0 Å². The molecule has 0 bridgehead atoms. The van der Waals surface area contributed by atoms with E-state index in [1.165, 1.54) is 23.9 Å². The summed E-state index contributed by atoms with van der Waals surface area (Å²) in [5, 5.41) is 25.1. The minimum Gasteiger partial charge on any atom is -0.508 e. The number of hydrogen-bond acceptors (Lipinski definition) is 6. The number of amides is 2. The van der Waals surface area contributed by atoms with Crippen LogP contribution in [-0.4, -0.2) is 33.4 Å². The topological polar surface area (TPSA) is 130 Å². The zero-order valence-electron chi connectivity index (χ0n) is 18.9. The fourth-order valence-corrected chi connectivity index (χ4v) is 3.48. The van der Waals surface area contributed by atoms with Crippen molar-refractivity contribution in [2.75, 3.05) is 11.9 Å². The monoisotopic (exact) mass is 465 g/mol. The molecule has 0 spiro atoms. The predicted octanol–water partition coefficient (Wildman–Crippen LogP) is 3.20. The van der Waals surface area contributed by atoms with Crippen LogP contribution in [-0.2, 0) is 23.0 Å². The number of phenolic OH excluding ortho intramolecular Hbond substituents is 1. The molecule has 1 aromatic heterocycles. The number of rotatable bonds is 8. The molecule has 178 valence electrons. The fraction of sp³-hybridized carbons (Fsp3) is 0.240. The SMILES string of the molecule is CCOC(=O)CC(NC(=O)Nc1c(O)ccn(C)c1=O)c1cccc(Cc2ccccc2O)c1. The van der Waals surface area contributed by atoms with Gasteiger partial charge in [-0.15, -0.1) is 0 Å². The summed E-state index contributed by atoms with van der Waals surface area (Å²) in [5.41, 5.74) is 1.39. The molecule has 3 rings (SSSR count). The first-order valence-corrected chi connectivity index (χ1v) is 10.8. The third kappa shape index (κ3) is 6.16. The van der Waals surface area contributed by atoms with Gasteiger partial charge in [0.05, 0.1) is 19.1 Å². The van der Waals surface area contributed by atoms with Crippen LogP contribution in [0.4, 0.5) is 10.5 Å². The molecule has 9 nitrogen and oxygen atoms in total. The second-order valence-electron chi connectivity index (χ2n) is 7.70. The van der Waals surface area contributed by atoms with Crippen LogP contribution < -0.4 is 16.2 Å². The second-order valence-corrected chi connectivity index (χ2v) is 7.70. The summed E-state index contributed by atoms with van der Waals surface area (Å²) in [6, 6.07) is 14.0.